The molecule has 1 nitrogen and oxygen atoms in total. The molecule has 3 heteroatoms. The molecule has 0 heterocycles. The second-order valence-electron chi connectivity index (χ2n) is 2.99. The van der Waals surface area contributed by atoms with Crippen LogP contribution in [0.3, 0.4) is 0 Å². The highest BCUT2D eigenvalue weighted by atomic mass is 19.3. The fourth-order valence-corrected chi connectivity index (χ4v) is 1.16. The Morgan fingerprint density at radius 2 is 1.92 bits per heavy atom. The van der Waals surface area contributed by atoms with Gasteiger partial charge in [0.15, 0.2) is 0 Å². The summed E-state index contributed by atoms with van der Waals surface area (Å²) in [4.78, 5) is 0. The molecule has 2 N–H and O–H groups in total. The lowest BCUT2D eigenvalue weighted by molar-refractivity contribution is 0.151. The van der Waals surface area contributed by atoms with Crippen LogP contribution in [-0.2, 0) is 0 Å². The highest BCUT2D eigenvalue weighted by Crippen LogP contribution is 2.22. The molecule has 0 spiro atoms. The van der Waals surface area contributed by atoms with Gasteiger partial charge in [-0.2, -0.15) is 0 Å². The maximum Gasteiger partial charge on any atom is 0.263 e. The quantitative estimate of drug-likeness (QED) is 0.769. The monoisotopic (exact) mass is 185 g/mol. The normalized spacial score (nSPS) is 13.3. The molecular weight excluding hydrogens is 172 g/mol. The zero-order chi connectivity index (χ0) is 9.84. The Hall–Kier alpha value is -0.960. The van der Waals surface area contributed by atoms with Crippen molar-refractivity contribution in [1.29, 1.82) is 0 Å². The molecule has 72 valence electrons. The van der Waals surface area contributed by atoms with Gasteiger partial charge in [-0.1, -0.05) is 25.1 Å². The number of hydrogen-bond acceptors (Lipinski definition) is 1. The van der Waals surface area contributed by atoms with E-state index in [0.29, 0.717) is 0 Å². The Kier molecular flexibility index (Phi) is 3.37. The summed E-state index contributed by atoms with van der Waals surface area (Å²) < 4.78 is 24.5. The van der Waals surface area contributed by atoms with Gasteiger partial charge in [0.25, 0.3) is 6.43 Å². The molecule has 1 atom stereocenters. The van der Waals surface area contributed by atoms with Gasteiger partial charge in [0, 0.05) is 11.6 Å². The maximum absolute atomic E-state index is 12.3. The van der Waals surface area contributed by atoms with Gasteiger partial charge in [-0.3, -0.25) is 0 Å². The number of rotatable bonds is 3. The van der Waals surface area contributed by atoms with Crippen molar-refractivity contribution in [2.24, 2.45) is 5.73 Å². The summed E-state index contributed by atoms with van der Waals surface area (Å²) in [6.45, 7) is 1.93. The van der Waals surface area contributed by atoms with Gasteiger partial charge in [-0.05, 0) is 18.1 Å². The summed E-state index contributed by atoms with van der Waals surface area (Å²) in [5.41, 5.74) is 6.54. The highest BCUT2D eigenvalue weighted by molar-refractivity contribution is 5.26. The number of alkyl halides is 2. The van der Waals surface area contributed by atoms with E-state index in [-0.39, 0.29) is 11.6 Å². The van der Waals surface area contributed by atoms with Crippen molar-refractivity contribution in [3.63, 3.8) is 0 Å². The topological polar surface area (TPSA) is 26.0 Å². The number of hydrogen-bond donors (Lipinski definition) is 1. The second-order valence-corrected chi connectivity index (χ2v) is 2.99. The zero-order valence-electron chi connectivity index (χ0n) is 7.50. The molecule has 13 heavy (non-hydrogen) atoms. The van der Waals surface area contributed by atoms with Crippen molar-refractivity contribution in [3.8, 4) is 0 Å². The molecule has 1 aromatic rings. The molecule has 1 aromatic carbocycles. The third kappa shape index (κ3) is 2.49. The van der Waals surface area contributed by atoms with E-state index in [0.717, 1.165) is 12.0 Å². The standard InChI is InChI=1S/C10H13F2N/c1-2-9(13)7-4-3-5-8(6-7)10(11)12/h3-6,9-10H,2,13H2,1H3/t9-/m1/s1. The molecule has 1 rings (SSSR count). The molecule has 0 aromatic heterocycles. The molecule has 0 fully saturated rings. The van der Waals surface area contributed by atoms with Crippen molar-refractivity contribution in [1.82, 2.24) is 0 Å². The lowest BCUT2D eigenvalue weighted by Crippen LogP contribution is -2.08. The summed E-state index contributed by atoms with van der Waals surface area (Å²) in [5.74, 6) is 0. The van der Waals surface area contributed by atoms with E-state index in [2.05, 4.69) is 0 Å². The average molecular weight is 185 g/mol. The van der Waals surface area contributed by atoms with Crippen molar-refractivity contribution in [2.45, 2.75) is 25.8 Å². The van der Waals surface area contributed by atoms with Crippen LogP contribution in [0, 0.1) is 0 Å². The van der Waals surface area contributed by atoms with Crippen LogP contribution in [0.1, 0.15) is 36.9 Å². The van der Waals surface area contributed by atoms with Crippen molar-refractivity contribution < 1.29 is 8.78 Å². The fourth-order valence-electron chi connectivity index (χ4n) is 1.16. The van der Waals surface area contributed by atoms with Crippen LogP contribution in [0.2, 0.25) is 0 Å². The Morgan fingerprint density at radius 3 is 2.46 bits per heavy atom. The largest absolute Gasteiger partial charge is 0.324 e. The van der Waals surface area contributed by atoms with Gasteiger partial charge in [0.1, 0.15) is 0 Å². The first-order valence-corrected chi connectivity index (χ1v) is 4.28. The first-order chi connectivity index (χ1) is 6.15. The van der Waals surface area contributed by atoms with Crippen LogP contribution in [0.25, 0.3) is 0 Å². The first-order valence-electron chi connectivity index (χ1n) is 4.28. The Morgan fingerprint density at radius 1 is 1.31 bits per heavy atom. The minimum Gasteiger partial charge on any atom is -0.324 e. The maximum atomic E-state index is 12.3. The molecule has 0 unspecified atom stereocenters. The van der Waals surface area contributed by atoms with Crippen molar-refractivity contribution in [3.05, 3.63) is 35.4 Å². The van der Waals surface area contributed by atoms with Crippen LogP contribution in [0.4, 0.5) is 8.78 Å². The summed E-state index contributed by atoms with van der Waals surface area (Å²) in [6, 6.07) is 6.14. The molecule has 0 saturated heterocycles. The zero-order valence-corrected chi connectivity index (χ0v) is 7.50. The minimum absolute atomic E-state index is 0.0430. The van der Waals surface area contributed by atoms with Crippen molar-refractivity contribution in [2.75, 3.05) is 0 Å². The molecule has 0 bridgehead atoms. The lowest BCUT2D eigenvalue weighted by Gasteiger charge is -2.10. The molecule has 0 radical (unpaired) electrons. The SMILES string of the molecule is CC[C@@H](N)c1cccc(C(F)F)c1. The molecule has 0 amide bonds. The van der Waals surface area contributed by atoms with Crippen LogP contribution in [0.5, 0.6) is 0 Å². The van der Waals surface area contributed by atoms with E-state index >= 15 is 0 Å². The van der Waals surface area contributed by atoms with Gasteiger partial charge >= 0.3 is 0 Å². The Labute approximate surface area is 76.6 Å². The third-order valence-corrected chi connectivity index (χ3v) is 2.03. The van der Waals surface area contributed by atoms with Gasteiger partial charge < -0.3 is 5.73 Å². The summed E-state index contributed by atoms with van der Waals surface area (Å²) in [7, 11) is 0. The van der Waals surface area contributed by atoms with Crippen LogP contribution < -0.4 is 5.73 Å². The highest BCUT2D eigenvalue weighted by Gasteiger charge is 2.09. The van der Waals surface area contributed by atoms with Crippen LogP contribution >= 0.6 is 0 Å². The molecule has 0 saturated carbocycles. The molecular formula is C10H13F2N. The van der Waals surface area contributed by atoms with E-state index in [1.807, 2.05) is 6.92 Å². The van der Waals surface area contributed by atoms with Gasteiger partial charge in [-0.25, -0.2) is 8.78 Å². The van der Waals surface area contributed by atoms with Crippen molar-refractivity contribution >= 4 is 0 Å². The third-order valence-electron chi connectivity index (χ3n) is 2.03. The Balaban J connectivity index is 2.91. The second kappa shape index (κ2) is 4.33. The predicted octanol–water partition coefficient (Wildman–Crippen LogP) is 3.03. The number of benzene rings is 1. The van der Waals surface area contributed by atoms with Gasteiger partial charge in [-0.15, -0.1) is 0 Å². The van der Waals surface area contributed by atoms with E-state index in [9.17, 15) is 8.78 Å². The lowest BCUT2D eigenvalue weighted by atomic mass is 10.0. The summed E-state index contributed by atoms with van der Waals surface area (Å²) >= 11 is 0. The molecule has 0 aliphatic carbocycles. The van der Waals surface area contributed by atoms with Crippen LogP contribution in [-0.4, -0.2) is 0 Å². The van der Waals surface area contributed by atoms with E-state index in [1.54, 1.807) is 12.1 Å². The summed E-state index contributed by atoms with van der Waals surface area (Å²) in [6.07, 6.45) is -1.66. The van der Waals surface area contributed by atoms with E-state index in [4.69, 9.17) is 5.73 Å². The first kappa shape index (κ1) is 10.1. The van der Waals surface area contributed by atoms with Gasteiger partial charge in [0.05, 0.1) is 0 Å². The Bertz CT molecular complexity index is 273. The molecule has 0 aliphatic rings. The minimum atomic E-state index is -2.41. The van der Waals surface area contributed by atoms with E-state index in [1.165, 1.54) is 12.1 Å². The van der Waals surface area contributed by atoms with Crippen LogP contribution in [0.15, 0.2) is 24.3 Å². The summed E-state index contributed by atoms with van der Waals surface area (Å²) in [5, 5.41) is 0. The van der Waals surface area contributed by atoms with E-state index < -0.39 is 6.43 Å². The predicted molar refractivity (Wildman–Crippen MR) is 48.6 cm³/mol. The average Bonchev–Trinajstić information content (AvgIpc) is 2.17. The number of halogens is 2. The van der Waals surface area contributed by atoms with Gasteiger partial charge in [0.2, 0.25) is 0 Å². The fraction of sp³-hybridized carbons (Fsp3) is 0.400. The smallest absolute Gasteiger partial charge is 0.263 e. The number of nitrogens with two attached hydrogens (primary N) is 1. The molecule has 0 aliphatic heterocycles.